The van der Waals surface area contributed by atoms with Crippen molar-refractivity contribution in [3.8, 4) is 11.5 Å². The molecule has 6 heteroatoms. The molecule has 3 aromatic rings. The van der Waals surface area contributed by atoms with Gasteiger partial charge in [-0.1, -0.05) is 11.6 Å². The number of amides is 1. The Morgan fingerprint density at radius 2 is 2.00 bits per heavy atom. The fourth-order valence-electron chi connectivity index (χ4n) is 2.94. The fraction of sp³-hybridized carbons (Fsp3) is 0.263. The number of carbonyl (C=O) groups excluding carboxylic acids is 1. The van der Waals surface area contributed by atoms with Gasteiger partial charge in [0.2, 0.25) is 5.91 Å². The summed E-state index contributed by atoms with van der Waals surface area (Å²) in [6.45, 7) is 3.66. The van der Waals surface area contributed by atoms with Crippen LogP contribution in [0.2, 0.25) is 0 Å². The van der Waals surface area contributed by atoms with E-state index in [1.807, 2.05) is 29.1 Å². The molecule has 1 aliphatic heterocycles. The van der Waals surface area contributed by atoms with Crippen LogP contribution in [0.1, 0.15) is 12.0 Å². The van der Waals surface area contributed by atoms with Crippen molar-refractivity contribution < 1.29 is 14.3 Å². The van der Waals surface area contributed by atoms with Crippen LogP contribution in [0.25, 0.3) is 10.9 Å². The van der Waals surface area contributed by atoms with Gasteiger partial charge in [-0.05, 0) is 31.2 Å². The number of hydrogen-bond acceptors (Lipinski definition) is 4. The minimum absolute atomic E-state index is 0.0626. The number of rotatable bonds is 4. The van der Waals surface area contributed by atoms with Crippen molar-refractivity contribution in [1.82, 2.24) is 9.78 Å². The summed E-state index contributed by atoms with van der Waals surface area (Å²) < 4.78 is 12.9. The third-order valence-corrected chi connectivity index (χ3v) is 4.17. The number of ether oxygens (including phenoxy) is 2. The van der Waals surface area contributed by atoms with E-state index in [0.29, 0.717) is 43.4 Å². The zero-order chi connectivity index (χ0) is 17.2. The predicted molar refractivity (Wildman–Crippen MR) is 95.1 cm³/mol. The Morgan fingerprint density at radius 1 is 1.16 bits per heavy atom. The van der Waals surface area contributed by atoms with Gasteiger partial charge in [-0.3, -0.25) is 9.48 Å². The molecule has 2 heterocycles. The molecule has 2 aromatic carbocycles. The summed E-state index contributed by atoms with van der Waals surface area (Å²) in [4.78, 5) is 12.2. The predicted octanol–water partition coefficient (Wildman–Crippen LogP) is 3.14. The van der Waals surface area contributed by atoms with Crippen LogP contribution in [0.15, 0.2) is 42.6 Å². The molecule has 4 rings (SSSR count). The number of nitrogens with one attached hydrogen (secondary N) is 1. The summed E-state index contributed by atoms with van der Waals surface area (Å²) in [6.07, 6.45) is 2.18. The van der Waals surface area contributed by atoms with Crippen LogP contribution in [-0.2, 0) is 11.3 Å². The van der Waals surface area contributed by atoms with Crippen molar-refractivity contribution in [2.45, 2.75) is 19.9 Å². The van der Waals surface area contributed by atoms with Gasteiger partial charge in [0.1, 0.15) is 13.2 Å². The molecule has 0 saturated carbocycles. The topological polar surface area (TPSA) is 65.4 Å². The maximum absolute atomic E-state index is 12.2. The highest BCUT2D eigenvalue weighted by molar-refractivity contribution is 5.91. The van der Waals surface area contributed by atoms with E-state index in [1.165, 1.54) is 5.56 Å². The van der Waals surface area contributed by atoms with Gasteiger partial charge in [0.15, 0.2) is 11.5 Å². The zero-order valence-electron chi connectivity index (χ0n) is 14.0. The van der Waals surface area contributed by atoms with Crippen molar-refractivity contribution in [2.24, 2.45) is 0 Å². The van der Waals surface area contributed by atoms with Crippen LogP contribution in [0.5, 0.6) is 11.5 Å². The average molecular weight is 337 g/mol. The Hall–Kier alpha value is -3.02. The molecule has 128 valence electrons. The first-order chi connectivity index (χ1) is 12.2. The van der Waals surface area contributed by atoms with Crippen LogP contribution in [0.4, 0.5) is 5.69 Å². The lowest BCUT2D eigenvalue weighted by atomic mass is 10.2. The van der Waals surface area contributed by atoms with Crippen LogP contribution in [-0.4, -0.2) is 28.9 Å². The summed E-state index contributed by atoms with van der Waals surface area (Å²) in [6, 6.07) is 11.6. The lowest BCUT2D eigenvalue weighted by Gasteiger charge is -2.19. The van der Waals surface area contributed by atoms with Gasteiger partial charge in [0.05, 0.1) is 18.3 Å². The molecular weight excluding hydrogens is 318 g/mol. The van der Waals surface area contributed by atoms with E-state index >= 15 is 0 Å². The minimum atomic E-state index is -0.0626. The molecule has 6 nitrogen and oxygen atoms in total. The first-order valence-corrected chi connectivity index (χ1v) is 8.31. The van der Waals surface area contributed by atoms with E-state index in [4.69, 9.17) is 9.47 Å². The maximum atomic E-state index is 12.2. The second-order valence-corrected chi connectivity index (χ2v) is 6.09. The highest BCUT2D eigenvalue weighted by Gasteiger charge is 2.13. The van der Waals surface area contributed by atoms with E-state index < -0.39 is 0 Å². The Bertz CT molecular complexity index is 933. The highest BCUT2D eigenvalue weighted by Crippen LogP contribution is 2.32. The number of anilines is 1. The summed E-state index contributed by atoms with van der Waals surface area (Å²) in [5.74, 6) is 1.31. The average Bonchev–Trinajstić information content (AvgIpc) is 3.02. The second-order valence-electron chi connectivity index (χ2n) is 6.09. The monoisotopic (exact) mass is 337 g/mol. The Balaban J connectivity index is 1.40. The van der Waals surface area contributed by atoms with Gasteiger partial charge in [0.25, 0.3) is 0 Å². The van der Waals surface area contributed by atoms with E-state index in [-0.39, 0.29) is 5.91 Å². The molecule has 0 aliphatic carbocycles. The number of aryl methyl sites for hydroxylation is 2. The molecule has 25 heavy (non-hydrogen) atoms. The summed E-state index contributed by atoms with van der Waals surface area (Å²) in [5.41, 5.74) is 2.94. The first-order valence-electron chi connectivity index (χ1n) is 8.31. The van der Waals surface area contributed by atoms with Crippen LogP contribution >= 0.6 is 0 Å². The van der Waals surface area contributed by atoms with E-state index in [9.17, 15) is 4.79 Å². The molecule has 0 radical (unpaired) electrons. The fourth-order valence-corrected chi connectivity index (χ4v) is 2.94. The lowest BCUT2D eigenvalue weighted by molar-refractivity contribution is -0.116. The van der Waals surface area contributed by atoms with Crippen molar-refractivity contribution >= 4 is 22.5 Å². The number of carbonyl (C=O) groups is 1. The highest BCUT2D eigenvalue weighted by atomic mass is 16.6. The smallest absolute Gasteiger partial charge is 0.226 e. The third-order valence-electron chi connectivity index (χ3n) is 4.17. The summed E-state index contributed by atoms with van der Waals surface area (Å²) in [5, 5.41) is 8.36. The van der Waals surface area contributed by atoms with Crippen LogP contribution in [0.3, 0.4) is 0 Å². The van der Waals surface area contributed by atoms with Crippen LogP contribution < -0.4 is 14.8 Å². The van der Waals surface area contributed by atoms with E-state index in [0.717, 1.165) is 10.9 Å². The maximum Gasteiger partial charge on any atom is 0.226 e. The minimum Gasteiger partial charge on any atom is -0.486 e. The largest absolute Gasteiger partial charge is 0.486 e. The number of hydrogen-bond donors (Lipinski definition) is 1. The zero-order valence-corrected chi connectivity index (χ0v) is 14.0. The van der Waals surface area contributed by atoms with Crippen molar-refractivity contribution in [3.05, 3.63) is 48.2 Å². The van der Waals surface area contributed by atoms with Gasteiger partial charge in [-0.25, -0.2) is 0 Å². The standard InChI is InChI=1S/C19H19N3O3/c1-13-2-4-16-14(10-13)12-20-22(16)7-6-19(23)21-15-3-5-17-18(11-15)25-9-8-24-17/h2-5,10-12H,6-9H2,1H3,(H,21,23). The molecule has 0 bridgehead atoms. The Kier molecular flexibility index (Phi) is 4.01. The Morgan fingerprint density at radius 3 is 2.88 bits per heavy atom. The van der Waals surface area contributed by atoms with Gasteiger partial charge in [-0.2, -0.15) is 5.10 Å². The molecule has 0 fully saturated rings. The third kappa shape index (κ3) is 3.28. The molecule has 0 saturated heterocycles. The molecule has 1 N–H and O–H groups in total. The molecule has 0 atom stereocenters. The quantitative estimate of drug-likeness (QED) is 0.794. The lowest BCUT2D eigenvalue weighted by Crippen LogP contribution is -2.17. The summed E-state index contributed by atoms with van der Waals surface area (Å²) >= 11 is 0. The van der Waals surface area contributed by atoms with Gasteiger partial charge >= 0.3 is 0 Å². The number of benzene rings is 2. The van der Waals surface area contributed by atoms with Gasteiger partial charge in [0, 0.05) is 23.6 Å². The molecule has 1 aliphatic rings. The molecule has 1 amide bonds. The molecular formula is C19H19N3O3. The van der Waals surface area contributed by atoms with Crippen molar-refractivity contribution in [1.29, 1.82) is 0 Å². The van der Waals surface area contributed by atoms with Gasteiger partial charge < -0.3 is 14.8 Å². The molecule has 0 spiro atoms. The molecule has 1 aromatic heterocycles. The Labute approximate surface area is 145 Å². The second kappa shape index (κ2) is 6.47. The van der Waals surface area contributed by atoms with Crippen molar-refractivity contribution in [3.63, 3.8) is 0 Å². The van der Waals surface area contributed by atoms with Crippen molar-refractivity contribution in [2.75, 3.05) is 18.5 Å². The number of fused-ring (bicyclic) bond motifs is 2. The number of nitrogens with zero attached hydrogens (tertiary/aromatic N) is 2. The SMILES string of the molecule is Cc1ccc2c(cnn2CCC(=O)Nc2ccc3c(c2)OCCO3)c1. The summed E-state index contributed by atoms with van der Waals surface area (Å²) in [7, 11) is 0. The number of aromatic nitrogens is 2. The first kappa shape index (κ1) is 15.5. The normalized spacial score (nSPS) is 13.0. The van der Waals surface area contributed by atoms with E-state index in [1.54, 1.807) is 6.07 Å². The van der Waals surface area contributed by atoms with Gasteiger partial charge in [-0.15, -0.1) is 0 Å². The molecule has 0 unspecified atom stereocenters. The van der Waals surface area contributed by atoms with Crippen LogP contribution in [0, 0.1) is 6.92 Å². The van der Waals surface area contributed by atoms with E-state index in [2.05, 4.69) is 29.5 Å².